The molecule has 92 valence electrons. The van der Waals surface area contributed by atoms with Crippen molar-refractivity contribution in [3.63, 3.8) is 0 Å². The van der Waals surface area contributed by atoms with Crippen molar-refractivity contribution >= 4 is 12.0 Å². The van der Waals surface area contributed by atoms with Gasteiger partial charge < -0.3 is 10.0 Å². The maximum atomic E-state index is 10.4. The molecule has 3 heteroatoms. The normalized spacial score (nSPS) is 11.2. The van der Waals surface area contributed by atoms with Crippen LogP contribution in [-0.2, 0) is 11.3 Å². The zero-order valence-electron chi connectivity index (χ0n) is 10.4. The molecule has 0 fully saturated rings. The Morgan fingerprint density at radius 1 is 1.47 bits per heavy atom. The van der Waals surface area contributed by atoms with E-state index in [-0.39, 0.29) is 0 Å². The van der Waals surface area contributed by atoms with Crippen LogP contribution in [0.15, 0.2) is 30.3 Å². The van der Waals surface area contributed by atoms with Crippen LogP contribution in [0.3, 0.4) is 0 Å². The first kappa shape index (κ1) is 13.5. The Kier molecular flexibility index (Phi) is 5.43. The molecule has 1 rings (SSSR count). The van der Waals surface area contributed by atoms with Gasteiger partial charge in [-0.25, -0.2) is 4.79 Å². The minimum atomic E-state index is -0.918. The fraction of sp³-hybridized carbons (Fsp3) is 0.357. The second-order valence-electron chi connectivity index (χ2n) is 4.15. The number of nitrogens with zero attached hydrogens (tertiary/aromatic N) is 1. The van der Waals surface area contributed by atoms with E-state index in [1.54, 1.807) is 6.08 Å². The Hall–Kier alpha value is -1.61. The van der Waals surface area contributed by atoms with E-state index in [0.29, 0.717) is 0 Å². The first-order valence-corrected chi connectivity index (χ1v) is 5.80. The molecular weight excluding hydrogens is 214 g/mol. The number of carboxylic acid groups (broad SMARTS) is 1. The molecule has 0 aliphatic rings. The molecule has 0 aromatic heterocycles. The molecule has 1 aromatic rings. The van der Waals surface area contributed by atoms with Crippen molar-refractivity contribution in [3.8, 4) is 0 Å². The third-order valence-electron chi connectivity index (χ3n) is 2.43. The summed E-state index contributed by atoms with van der Waals surface area (Å²) in [6.07, 6.45) is 3.91. The molecule has 0 spiro atoms. The first-order chi connectivity index (χ1) is 8.11. The molecule has 0 aliphatic carbocycles. The minimum Gasteiger partial charge on any atom is -0.478 e. The highest BCUT2D eigenvalue weighted by Crippen LogP contribution is 2.09. The molecule has 0 atom stereocenters. The molecule has 0 aliphatic heterocycles. The van der Waals surface area contributed by atoms with Gasteiger partial charge in [0.05, 0.1) is 0 Å². The fourth-order valence-corrected chi connectivity index (χ4v) is 1.74. The average Bonchev–Trinajstić information content (AvgIpc) is 2.27. The molecule has 17 heavy (non-hydrogen) atoms. The quantitative estimate of drug-likeness (QED) is 0.768. The maximum absolute atomic E-state index is 10.4. The summed E-state index contributed by atoms with van der Waals surface area (Å²) in [5.74, 6) is -0.918. The van der Waals surface area contributed by atoms with Gasteiger partial charge in [0.25, 0.3) is 0 Å². The van der Waals surface area contributed by atoms with Crippen LogP contribution in [0.2, 0.25) is 0 Å². The van der Waals surface area contributed by atoms with Crippen LogP contribution in [0.5, 0.6) is 0 Å². The lowest BCUT2D eigenvalue weighted by molar-refractivity contribution is -0.131. The Morgan fingerprint density at radius 2 is 2.24 bits per heavy atom. The molecule has 0 bridgehead atoms. The van der Waals surface area contributed by atoms with Crippen molar-refractivity contribution in [3.05, 3.63) is 41.5 Å². The van der Waals surface area contributed by atoms with Gasteiger partial charge in [-0.1, -0.05) is 31.2 Å². The van der Waals surface area contributed by atoms with E-state index in [1.165, 1.54) is 5.56 Å². The van der Waals surface area contributed by atoms with Gasteiger partial charge in [0, 0.05) is 12.6 Å². The largest absolute Gasteiger partial charge is 0.478 e. The minimum absolute atomic E-state index is 0.891. The monoisotopic (exact) mass is 233 g/mol. The van der Waals surface area contributed by atoms with Crippen LogP contribution in [0.25, 0.3) is 6.08 Å². The summed E-state index contributed by atoms with van der Waals surface area (Å²) in [6.45, 7) is 4.11. The van der Waals surface area contributed by atoms with E-state index in [0.717, 1.165) is 31.1 Å². The van der Waals surface area contributed by atoms with Gasteiger partial charge in [0.15, 0.2) is 0 Å². The molecule has 0 unspecified atom stereocenters. The fourth-order valence-electron chi connectivity index (χ4n) is 1.74. The van der Waals surface area contributed by atoms with E-state index < -0.39 is 5.97 Å². The second-order valence-corrected chi connectivity index (χ2v) is 4.15. The summed E-state index contributed by atoms with van der Waals surface area (Å²) in [4.78, 5) is 12.7. The number of carbonyl (C=O) groups is 1. The molecule has 0 saturated heterocycles. The average molecular weight is 233 g/mol. The van der Waals surface area contributed by atoms with Crippen molar-refractivity contribution in [1.29, 1.82) is 0 Å². The highest BCUT2D eigenvalue weighted by molar-refractivity contribution is 5.85. The van der Waals surface area contributed by atoms with Gasteiger partial charge in [0.2, 0.25) is 0 Å². The van der Waals surface area contributed by atoms with Gasteiger partial charge >= 0.3 is 5.97 Å². The Labute approximate surface area is 102 Å². The number of aliphatic carboxylic acids is 1. The SMILES string of the molecule is CCCN(C)Cc1cccc(/C=C/C(=O)O)c1. The predicted octanol–water partition coefficient (Wildman–Crippen LogP) is 2.63. The molecule has 0 radical (unpaired) electrons. The standard InChI is InChI=1S/C14H19NO2/c1-3-9-15(2)11-13-6-4-5-12(10-13)7-8-14(16)17/h4-8,10H,3,9,11H2,1-2H3,(H,16,17)/b8-7+. The predicted molar refractivity (Wildman–Crippen MR) is 69.7 cm³/mol. The molecular formula is C14H19NO2. The summed E-state index contributed by atoms with van der Waals surface area (Å²) >= 11 is 0. The first-order valence-electron chi connectivity index (χ1n) is 5.80. The van der Waals surface area contributed by atoms with Gasteiger partial charge in [-0.15, -0.1) is 0 Å². The maximum Gasteiger partial charge on any atom is 0.328 e. The van der Waals surface area contributed by atoms with E-state index in [4.69, 9.17) is 5.11 Å². The highest BCUT2D eigenvalue weighted by atomic mass is 16.4. The molecule has 1 N–H and O–H groups in total. The van der Waals surface area contributed by atoms with Crippen molar-refractivity contribution in [2.75, 3.05) is 13.6 Å². The lowest BCUT2D eigenvalue weighted by Crippen LogP contribution is -2.18. The van der Waals surface area contributed by atoms with E-state index in [1.807, 2.05) is 18.2 Å². The molecule has 0 heterocycles. The lowest BCUT2D eigenvalue weighted by atomic mass is 10.1. The molecule has 0 amide bonds. The zero-order valence-corrected chi connectivity index (χ0v) is 10.4. The highest BCUT2D eigenvalue weighted by Gasteiger charge is 1.99. The van der Waals surface area contributed by atoms with Crippen LogP contribution >= 0.6 is 0 Å². The van der Waals surface area contributed by atoms with E-state index >= 15 is 0 Å². The van der Waals surface area contributed by atoms with Crippen molar-refractivity contribution < 1.29 is 9.90 Å². The van der Waals surface area contributed by atoms with Gasteiger partial charge in [-0.05, 0) is 37.2 Å². The number of benzene rings is 1. The van der Waals surface area contributed by atoms with Crippen LogP contribution in [0.4, 0.5) is 0 Å². The number of hydrogen-bond acceptors (Lipinski definition) is 2. The van der Waals surface area contributed by atoms with E-state index in [9.17, 15) is 4.79 Å². The Bertz CT molecular complexity index is 399. The zero-order chi connectivity index (χ0) is 12.7. The van der Waals surface area contributed by atoms with Crippen molar-refractivity contribution in [2.45, 2.75) is 19.9 Å². The second kappa shape index (κ2) is 6.86. The summed E-state index contributed by atoms with van der Waals surface area (Å²) in [7, 11) is 2.09. The number of carboxylic acids is 1. The topological polar surface area (TPSA) is 40.5 Å². The smallest absolute Gasteiger partial charge is 0.328 e. The summed E-state index contributed by atoms with van der Waals surface area (Å²) < 4.78 is 0. The molecule has 0 saturated carbocycles. The van der Waals surface area contributed by atoms with Gasteiger partial charge in [-0.3, -0.25) is 0 Å². The summed E-state index contributed by atoms with van der Waals surface area (Å²) in [5.41, 5.74) is 2.13. The Morgan fingerprint density at radius 3 is 2.88 bits per heavy atom. The number of rotatable bonds is 6. The third kappa shape index (κ3) is 5.31. The van der Waals surface area contributed by atoms with Crippen LogP contribution in [0, 0.1) is 0 Å². The number of hydrogen-bond donors (Lipinski definition) is 1. The van der Waals surface area contributed by atoms with Gasteiger partial charge in [-0.2, -0.15) is 0 Å². The third-order valence-corrected chi connectivity index (χ3v) is 2.43. The van der Waals surface area contributed by atoms with E-state index in [2.05, 4.69) is 24.9 Å². The molecule has 3 nitrogen and oxygen atoms in total. The summed E-state index contributed by atoms with van der Waals surface area (Å²) in [6, 6.07) is 7.94. The lowest BCUT2D eigenvalue weighted by Gasteiger charge is -2.15. The molecule has 1 aromatic carbocycles. The van der Waals surface area contributed by atoms with Crippen LogP contribution in [0.1, 0.15) is 24.5 Å². The Balaban J connectivity index is 2.68. The van der Waals surface area contributed by atoms with Crippen LogP contribution < -0.4 is 0 Å². The van der Waals surface area contributed by atoms with Crippen LogP contribution in [-0.4, -0.2) is 29.6 Å². The summed E-state index contributed by atoms with van der Waals surface area (Å²) in [5, 5.41) is 8.56. The van der Waals surface area contributed by atoms with Gasteiger partial charge in [0.1, 0.15) is 0 Å². The van der Waals surface area contributed by atoms with Crippen molar-refractivity contribution in [1.82, 2.24) is 4.90 Å². The van der Waals surface area contributed by atoms with Crippen molar-refractivity contribution in [2.24, 2.45) is 0 Å².